The van der Waals surface area contributed by atoms with Crippen molar-refractivity contribution in [3.05, 3.63) is 58.5 Å². The molecule has 0 aromatic heterocycles. The van der Waals surface area contributed by atoms with E-state index in [1.807, 2.05) is 20.8 Å². The summed E-state index contributed by atoms with van der Waals surface area (Å²) in [5.41, 5.74) is 5.10. The lowest BCUT2D eigenvalue weighted by Crippen LogP contribution is -2.52. The number of epoxide rings is 1. The van der Waals surface area contributed by atoms with Gasteiger partial charge < -0.3 is 24.8 Å². The van der Waals surface area contributed by atoms with Crippen LogP contribution in [0.2, 0.25) is 0 Å². The largest absolute Gasteiger partial charge is 0.484 e. The first-order valence-electron chi connectivity index (χ1n) is 14.2. The quantitative estimate of drug-likeness (QED) is 0.249. The van der Waals surface area contributed by atoms with Gasteiger partial charge in [0.05, 0.1) is 25.0 Å². The van der Waals surface area contributed by atoms with Crippen molar-refractivity contribution in [1.29, 1.82) is 0 Å². The number of carbonyl (C=O) groups excluding carboxylic acids is 3. The summed E-state index contributed by atoms with van der Waals surface area (Å²) in [6, 6.07) is 6.96. The zero-order valence-electron chi connectivity index (χ0n) is 24.5. The van der Waals surface area contributed by atoms with E-state index >= 15 is 0 Å². The van der Waals surface area contributed by atoms with Crippen molar-refractivity contribution in [2.75, 3.05) is 19.8 Å². The second-order valence-corrected chi connectivity index (χ2v) is 10.5. The van der Waals surface area contributed by atoms with Crippen LogP contribution in [-0.4, -0.2) is 61.5 Å². The maximum Gasteiger partial charge on any atom is 0.328 e. The van der Waals surface area contributed by atoms with Gasteiger partial charge in [0.25, 0.3) is 0 Å². The molecular weight excluding hydrogens is 510 g/mol. The Labute approximate surface area is 237 Å². The van der Waals surface area contributed by atoms with Gasteiger partial charge in [-0.1, -0.05) is 43.7 Å². The molecule has 0 saturated carbocycles. The molecule has 0 bridgehead atoms. The number of ether oxygens (including phenoxy) is 3. The van der Waals surface area contributed by atoms with Gasteiger partial charge in [0.15, 0.2) is 5.76 Å². The monoisotopic (exact) mass is 553 g/mol. The van der Waals surface area contributed by atoms with Gasteiger partial charge in [0.1, 0.15) is 18.7 Å². The first-order chi connectivity index (χ1) is 19.1. The van der Waals surface area contributed by atoms with Gasteiger partial charge in [-0.25, -0.2) is 4.79 Å². The summed E-state index contributed by atoms with van der Waals surface area (Å²) in [7, 11) is 0. The number of aryl methyl sites for hydroxylation is 2. The van der Waals surface area contributed by atoms with E-state index in [1.54, 1.807) is 13.8 Å². The minimum absolute atomic E-state index is 0.00691. The molecule has 3 rings (SSSR count). The zero-order chi connectivity index (χ0) is 29.2. The fraction of sp³-hybridized carbons (Fsp3) is 0.548. The molecule has 1 saturated heterocycles. The fourth-order valence-electron chi connectivity index (χ4n) is 4.58. The number of nitrogens with zero attached hydrogens (tertiary/aromatic N) is 1. The van der Waals surface area contributed by atoms with Crippen LogP contribution in [0, 0.1) is 12.8 Å². The summed E-state index contributed by atoms with van der Waals surface area (Å²) < 4.78 is 15.7. The van der Waals surface area contributed by atoms with Crippen molar-refractivity contribution in [2.45, 2.75) is 85.4 Å². The summed E-state index contributed by atoms with van der Waals surface area (Å²) in [5.74, 6) is -0.701. The molecule has 2 aliphatic heterocycles. The second kappa shape index (κ2) is 14.7. The zero-order valence-corrected chi connectivity index (χ0v) is 24.5. The Balaban J connectivity index is 1.71. The van der Waals surface area contributed by atoms with E-state index in [4.69, 9.17) is 19.2 Å². The lowest BCUT2D eigenvalue weighted by molar-refractivity contribution is -0.149. The minimum atomic E-state index is -0.965. The van der Waals surface area contributed by atoms with E-state index in [0.717, 1.165) is 35.6 Å². The average Bonchev–Trinajstić information content (AvgIpc) is 3.68. The Hall–Kier alpha value is -3.62. The van der Waals surface area contributed by atoms with Crippen molar-refractivity contribution in [1.82, 2.24) is 10.6 Å². The third-order valence-corrected chi connectivity index (χ3v) is 6.87. The highest BCUT2D eigenvalue weighted by Gasteiger charge is 2.34. The number of aliphatic imine (C=N–C) groups is 1. The van der Waals surface area contributed by atoms with Crippen LogP contribution in [0.15, 0.2) is 52.4 Å². The van der Waals surface area contributed by atoms with Crippen LogP contribution in [0.4, 0.5) is 0 Å². The van der Waals surface area contributed by atoms with Crippen LogP contribution in [0.25, 0.3) is 0 Å². The Bertz CT molecular complexity index is 1150. The topological polar surface area (TPSA) is 119 Å². The highest BCUT2D eigenvalue weighted by atomic mass is 16.6. The molecule has 9 heteroatoms. The predicted molar refractivity (Wildman–Crippen MR) is 154 cm³/mol. The molecule has 1 fully saturated rings. The molecule has 2 aliphatic rings. The highest BCUT2D eigenvalue weighted by molar-refractivity contribution is 6.04. The Kier molecular flexibility index (Phi) is 11.3. The van der Waals surface area contributed by atoms with Crippen LogP contribution >= 0.6 is 0 Å². The van der Waals surface area contributed by atoms with E-state index in [-0.39, 0.29) is 43.9 Å². The number of carbonyl (C=O) groups is 3. The standard InChI is InChI=1S/C31H43N3O6/c1-7-38-27(35)16-15-25(31(37)39-8-2)33-30(36)28(19(3)4)34-29(26-18-40-26)24-17-23(32-21(24)6)14-13-22-11-9-20(5)10-12-22/h9-12,17,19,23,25,28,34H,7-8,13-16,18H2,1-6H3,(H,33,36)/t23?,25-,28+/m1/s1. The van der Waals surface area contributed by atoms with E-state index in [2.05, 4.69) is 47.9 Å². The third kappa shape index (κ3) is 8.96. The third-order valence-electron chi connectivity index (χ3n) is 6.87. The van der Waals surface area contributed by atoms with Crippen molar-refractivity contribution < 1.29 is 28.6 Å². The van der Waals surface area contributed by atoms with Crippen LogP contribution in [-0.2, 0) is 35.0 Å². The van der Waals surface area contributed by atoms with E-state index < -0.39 is 24.0 Å². The SMILES string of the molecule is CCOC(=O)CC[C@@H](NC(=O)[C@@H](NC(C1=CC(CCc2ccc(C)cc2)N=C1C)=C1CO1)C(C)C)C(=O)OCC. The molecule has 1 aromatic rings. The molecule has 1 amide bonds. The Morgan fingerprint density at radius 2 is 1.73 bits per heavy atom. The Morgan fingerprint density at radius 1 is 1.05 bits per heavy atom. The molecular formula is C31H43N3O6. The average molecular weight is 554 g/mol. The number of rotatable bonds is 15. The van der Waals surface area contributed by atoms with Crippen molar-refractivity contribution in [3.8, 4) is 0 Å². The number of allylic oxidation sites excluding steroid dienone is 1. The predicted octanol–water partition coefficient (Wildman–Crippen LogP) is 3.94. The van der Waals surface area contributed by atoms with Crippen LogP contribution in [0.1, 0.15) is 65.0 Å². The highest BCUT2D eigenvalue weighted by Crippen LogP contribution is 2.30. The normalized spacial score (nSPS) is 18.6. The lowest BCUT2D eigenvalue weighted by Gasteiger charge is -2.26. The van der Waals surface area contributed by atoms with Crippen LogP contribution < -0.4 is 10.6 Å². The molecule has 218 valence electrons. The van der Waals surface area contributed by atoms with Gasteiger partial charge in [0.2, 0.25) is 5.91 Å². The number of hydrogen-bond donors (Lipinski definition) is 2. The van der Waals surface area contributed by atoms with Gasteiger partial charge in [0, 0.05) is 17.7 Å². The molecule has 1 aromatic carbocycles. The number of esters is 2. The molecule has 1 unspecified atom stereocenters. The second-order valence-electron chi connectivity index (χ2n) is 10.5. The van der Waals surface area contributed by atoms with Crippen LogP contribution in [0.5, 0.6) is 0 Å². The van der Waals surface area contributed by atoms with Gasteiger partial charge in [-0.3, -0.25) is 14.6 Å². The number of amides is 1. The number of nitrogens with one attached hydrogen (secondary N) is 2. The first-order valence-corrected chi connectivity index (χ1v) is 14.2. The van der Waals surface area contributed by atoms with Crippen molar-refractivity contribution in [2.24, 2.45) is 10.9 Å². The summed E-state index contributed by atoms with van der Waals surface area (Å²) in [5, 5.41) is 6.20. The van der Waals surface area contributed by atoms with E-state index in [9.17, 15) is 14.4 Å². The van der Waals surface area contributed by atoms with Gasteiger partial charge in [-0.2, -0.15) is 0 Å². The number of benzene rings is 1. The molecule has 0 spiro atoms. The summed E-state index contributed by atoms with van der Waals surface area (Å²) >= 11 is 0. The molecule has 2 N–H and O–H groups in total. The van der Waals surface area contributed by atoms with Crippen LogP contribution in [0.3, 0.4) is 0 Å². The fourth-order valence-corrected chi connectivity index (χ4v) is 4.58. The molecule has 40 heavy (non-hydrogen) atoms. The van der Waals surface area contributed by atoms with E-state index in [0.29, 0.717) is 6.61 Å². The molecule has 2 heterocycles. The molecule has 0 radical (unpaired) electrons. The smallest absolute Gasteiger partial charge is 0.328 e. The van der Waals surface area contributed by atoms with Gasteiger partial charge in [-0.15, -0.1) is 0 Å². The number of hydrogen-bond acceptors (Lipinski definition) is 8. The maximum atomic E-state index is 13.5. The Morgan fingerprint density at radius 3 is 2.33 bits per heavy atom. The first kappa shape index (κ1) is 30.9. The molecule has 0 aliphatic carbocycles. The molecule has 3 atom stereocenters. The van der Waals surface area contributed by atoms with Crippen molar-refractivity contribution in [3.63, 3.8) is 0 Å². The van der Waals surface area contributed by atoms with Gasteiger partial charge in [-0.05, 0) is 64.5 Å². The minimum Gasteiger partial charge on any atom is -0.484 e. The van der Waals surface area contributed by atoms with Gasteiger partial charge >= 0.3 is 11.9 Å². The van der Waals surface area contributed by atoms with Crippen molar-refractivity contribution >= 4 is 23.6 Å². The molecule has 9 nitrogen and oxygen atoms in total. The summed E-state index contributed by atoms with van der Waals surface area (Å²) in [6.07, 6.45) is 4.01. The maximum absolute atomic E-state index is 13.5. The lowest BCUT2D eigenvalue weighted by atomic mass is 9.99. The summed E-state index contributed by atoms with van der Waals surface area (Å²) in [4.78, 5) is 42.8. The summed E-state index contributed by atoms with van der Waals surface area (Å²) in [6.45, 7) is 12.2. The van der Waals surface area contributed by atoms with E-state index in [1.165, 1.54) is 11.1 Å².